The lowest BCUT2D eigenvalue weighted by Crippen LogP contribution is -2.05. The third-order valence-electron chi connectivity index (χ3n) is 1.67. The number of aromatic hydroxyl groups is 1. The van der Waals surface area contributed by atoms with Crippen LogP contribution in [0.25, 0.3) is 0 Å². The van der Waals surface area contributed by atoms with Crippen molar-refractivity contribution in [1.29, 1.82) is 0 Å². The van der Waals surface area contributed by atoms with Crippen LogP contribution in [0.2, 0.25) is 0 Å². The fraction of sp³-hybridized carbons (Fsp3) is 0.125. The van der Waals surface area contributed by atoms with E-state index in [-0.39, 0.29) is 5.75 Å². The van der Waals surface area contributed by atoms with Gasteiger partial charge in [0.25, 0.3) is 0 Å². The second-order valence-electron chi connectivity index (χ2n) is 2.51. The van der Waals surface area contributed by atoms with Crippen molar-refractivity contribution in [2.24, 2.45) is 0 Å². The van der Waals surface area contributed by atoms with E-state index in [1.807, 2.05) is 0 Å². The molecule has 0 aliphatic carbocycles. The minimum atomic E-state index is -1.51. The molecule has 0 aromatic heterocycles. The highest BCUT2D eigenvalue weighted by Gasteiger charge is 2.20. The number of rotatable bonds is 2. The van der Waals surface area contributed by atoms with Crippen molar-refractivity contribution in [3.05, 3.63) is 17.4 Å². The Morgan fingerprint density at radius 1 is 1.64 bits per heavy atom. The highest BCUT2D eigenvalue weighted by atomic mass is 19.1. The van der Waals surface area contributed by atoms with Gasteiger partial charge in [0, 0.05) is 6.07 Å². The molecule has 0 spiro atoms. The van der Waals surface area contributed by atoms with Crippen LogP contribution in [0.3, 0.4) is 0 Å². The molecule has 0 aliphatic rings. The minimum absolute atomic E-state index is 0.271. The molecule has 1 rings (SSSR count). The van der Waals surface area contributed by atoms with E-state index in [2.05, 4.69) is 4.74 Å². The Kier molecular flexibility index (Phi) is 2.46. The molecule has 0 atom stereocenters. The number of methoxy groups -OCH3 is 1. The highest BCUT2D eigenvalue weighted by Crippen LogP contribution is 2.36. The van der Waals surface area contributed by atoms with Gasteiger partial charge in [0.15, 0.2) is 17.3 Å². The summed E-state index contributed by atoms with van der Waals surface area (Å²) < 4.78 is 17.8. The van der Waals surface area contributed by atoms with Gasteiger partial charge in [-0.05, 0) is 0 Å². The van der Waals surface area contributed by atoms with Crippen LogP contribution in [-0.4, -0.2) is 23.3 Å². The van der Waals surface area contributed by atoms with Crippen molar-refractivity contribution in [2.75, 3.05) is 12.8 Å². The molecule has 0 saturated heterocycles. The molecule has 0 aliphatic heterocycles. The van der Waals surface area contributed by atoms with Crippen molar-refractivity contribution in [2.45, 2.75) is 0 Å². The van der Waals surface area contributed by atoms with Crippen LogP contribution in [-0.2, 0) is 0 Å². The van der Waals surface area contributed by atoms with Crippen LogP contribution in [0.4, 0.5) is 10.1 Å². The normalized spacial score (nSPS) is 9.86. The summed E-state index contributed by atoms with van der Waals surface area (Å²) in [4.78, 5) is 10.5. The van der Waals surface area contributed by atoms with Gasteiger partial charge in [0.1, 0.15) is 11.3 Å². The second-order valence-corrected chi connectivity index (χ2v) is 2.51. The van der Waals surface area contributed by atoms with Gasteiger partial charge in [-0.1, -0.05) is 0 Å². The molecular formula is C8H8FNO4. The largest absolute Gasteiger partial charge is 0.504 e. The van der Waals surface area contributed by atoms with Crippen molar-refractivity contribution >= 4 is 11.7 Å². The van der Waals surface area contributed by atoms with E-state index in [9.17, 15) is 14.3 Å². The Bertz CT molecular complexity index is 391. The van der Waals surface area contributed by atoms with Crippen LogP contribution in [0.1, 0.15) is 10.4 Å². The number of hydrogen-bond acceptors (Lipinski definition) is 4. The lowest BCUT2D eigenvalue weighted by Gasteiger charge is -2.09. The average molecular weight is 201 g/mol. The summed E-state index contributed by atoms with van der Waals surface area (Å²) in [6, 6.07) is 0.743. The number of ether oxygens (including phenoxy) is 1. The number of carbonyl (C=O) groups is 1. The first-order valence-corrected chi connectivity index (χ1v) is 3.57. The Hall–Kier alpha value is -1.98. The highest BCUT2D eigenvalue weighted by molar-refractivity contribution is 5.91. The predicted octanol–water partition coefficient (Wildman–Crippen LogP) is 0.820. The van der Waals surface area contributed by atoms with Crippen molar-refractivity contribution in [1.82, 2.24) is 0 Å². The van der Waals surface area contributed by atoms with Crippen LogP contribution in [0.5, 0.6) is 11.5 Å². The summed E-state index contributed by atoms with van der Waals surface area (Å²) in [5, 5.41) is 17.7. The van der Waals surface area contributed by atoms with Gasteiger partial charge in [0.2, 0.25) is 0 Å². The standard InChI is InChI=1S/C8H8FNO4/c1-14-7-4(11)2-3(8(12)13)5(9)6(7)10/h2,11H,10H2,1H3,(H,12,13). The Labute approximate surface area is 78.5 Å². The van der Waals surface area contributed by atoms with Gasteiger partial charge in [0.05, 0.1) is 7.11 Å². The Morgan fingerprint density at radius 2 is 2.21 bits per heavy atom. The maximum absolute atomic E-state index is 13.2. The summed E-state index contributed by atoms with van der Waals surface area (Å²) >= 11 is 0. The molecule has 1 aromatic carbocycles. The quantitative estimate of drug-likeness (QED) is 0.616. The van der Waals surface area contributed by atoms with Crippen LogP contribution < -0.4 is 10.5 Å². The number of phenols is 1. The predicted molar refractivity (Wildman–Crippen MR) is 46.0 cm³/mol. The molecule has 0 bridgehead atoms. The molecule has 4 N–H and O–H groups in total. The molecule has 0 saturated carbocycles. The monoisotopic (exact) mass is 201 g/mol. The van der Waals surface area contributed by atoms with E-state index in [1.54, 1.807) is 0 Å². The number of aromatic carboxylic acids is 1. The SMILES string of the molecule is COc1c(O)cc(C(=O)O)c(F)c1N. The molecule has 6 heteroatoms. The molecule has 0 radical (unpaired) electrons. The fourth-order valence-corrected chi connectivity index (χ4v) is 1.02. The number of anilines is 1. The Balaban J connectivity index is 3.47. The van der Waals surface area contributed by atoms with E-state index in [0.29, 0.717) is 0 Å². The molecule has 0 unspecified atom stereocenters. The molecule has 0 amide bonds. The van der Waals surface area contributed by atoms with Crippen LogP contribution >= 0.6 is 0 Å². The number of nitrogen functional groups attached to an aromatic ring is 1. The first-order valence-electron chi connectivity index (χ1n) is 3.57. The number of nitrogens with two attached hydrogens (primary N) is 1. The summed E-state index contributed by atoms with van der Waals surface area (Å²) in [7, 11) is 1.19. The summed E-state index contributed by atoms with van der Waals surface area (Å²) in [5.41, 5.74) is 3.99. The topological polar surface area (TPSA) is 92.8 Å². The van der Waals surface area contributed by atoms with Crippen LogP contribution in [0.15, 0.2) is 6.07 Å². The van der Waals surface area contributed by atoms with E-state index in [4.69, 9.17) is 10.8 Å². The van der Waals surface area contributed by atoms with Gasteiger partial charge in [-0.2, -0.15) is 0 Å². The maximum Gasteiger partial charge on any atom is 0.338 e. The van der Waals surface area contributed by atoms with Gasteiger partial charge in [-0.25, -0.2) is 9.18 Å². The third-order valence-corrected chi connectivity index (χ3v) is 1.67. The first-order chi connectivity index (χ1) is 6.49. The smallest absolute Gasteiger partial charge is 0.338 e. The zero-order valence-corrected chi connectivity index (χ0v) is 7.24. The summed E-state index contributed by atoms with van der Waals surface area (Å²) in [5.74, 6) is -3.41. The molecular weight excluding hydrogens is 193 g/mol. The lowest BCUT2D eigenvalue weighted by atomic mass is 10.1. The van der Waals surface area contributed by atoms with Crippen molar-refractivity contribution < 1.29 is 24.1 Å². The van der Waals surface area contributed by atoms with E-state index in [1.165, 1.54) is 7.11 Å². The lowest BCUT2D eigenvalue weighted by molar-refractivity contribution is 0.0691. The zero-order valence-electron chi connectivity index (χ0n) is 7.24. The van der Waals surface area contributed by atoms with Gasteiger partial charge in [-0.15, -0.1) is 0 Å². The minimum Gasteiger partial charge on any atom is -0.504 e. The van der Waals surface area contributed by atoms with Gasteiger partial charge in [-0.3, -0.25) is 0 Å². The number of carboxylic acid groups (broad SMARTS) is 1. The molecule has 0 fully saturated rings. The second kappa shape index (κ2) is 3.41. The van der Waals surface area contributed by atoms with E-state index >= 15 is 0 Å². The number of phenolic OH excluding ortho intramolecular Hbond substituents is 1. The van der Waals surface area contributed by atoms with Gasteiger partial charge < -0.3 is 20.7 Å². The zero-order chi connectivity index (χ0) is 10.9. The number of hydrogen-bond donors (Lipinski definition) is 3. The number of halogens is 1. The van der Waals surface area contributed by atoms with Crippen molar-refractivity contribution in [3.8, 4) is 11.5 Å². The summed E-state index contributed by atoms with van der Waals surface area (Å²) in [6.45, 7) is 0. The maximum atomic E-state index is 13.2. The fourth-order valence-electron chi connectivity index (χ4n) is 1.02. The molecule has 76 valence electrons. The first kappa shape index (κ1) is 10.1. The number of carboxylic acids is 1. The average Bonchev–Trinajstić information content (AvgIpc) is 2.12. The summed E-state index contributed by atoms with van der Waals surface area (Å²) in [6.07, 6.45) is 0. The van der Waals surface area contributed by atoms with Gasteiger partial charge >= 0.3 is 5.97 Å². The van der Waals surface area contributed by atoms with E-state index in [0.717, 1.165) is 6.07 Å². The number of benzene rings is 1. The molecule has 0 heterocycles. The van der Waals surface area contributed by atoms with Crippen molar-refractivity contribution in [3.63, 3.8) is 0 Å². The van der Waals surface area contributed by atoms with E-state index < -0.39 is 28.8 Å². The Morgan fingerprint density at radius 3 is 2.64 bits per heavy atom. The molecule has 14 heavy (non-hydrogen) atoms. The molecule has 1 aromatic rings. The van der Waals surface area contributed by atoms with Crippen LogP contribution in [0, 0.1) is 5.82 Å². The molecule has 5 nitrogen and oxygen atoms in total. The third kappa shape index (κ3) is 1.41.